The van der Waals surface area contributed by atoms with Gasteiger partial charge in [-0.25, -0.2) is 9.97 Å². The summed E-state index contributed by atoms with van der Waals surface area (Å²) in [6, 6.07) is 0.436. The fraction of sp³-hybridized carbons (Fsp3) is 0.700. The second-order valence-corrected chi connectivity index (χ2v) is 9.00. The fourth-order valence-corrected chi connectivity index (χ4v) is 5.34. The van der Waals surface area contributed by atoms with Gasteiger partial charge in [0, 0.05) is 18.0 Å². The van der Waals surface area contributed by atoms with Crippen LogP contribution in [0.15, 0.2) is 0 Å². The Labute approximate surface area is 160 Å². The third-order valence-corrected chi connectivity index (χ3v) is 7.04. The number of ether oxygens (including phenoxy) is 1. The Morgan fingerprint density at radius 1 is 1.15 bits per heavy atom. The van der Waals surface area contributed by atoms with Crippen LogP contribution < -0.4 is 5.32 Å². The minimum absolute atomic E-state index is 0.368. The van der Waals surface area contributed by atoms with Crippen LogP contribution in [0.1, 0.15) is 54.8 Å². The molecule has 5 nitrogen and oxygen atoms in total. The molecule has 0 radical (unpaired) electrons. The molecule has 1 aliphatic carbocycles. The van der Waals surface area contributed by atoms with Crippen LogP contribution in [-0.2, 0) is 11.3 Å². The predicted molar refractivity (Wildman–Crippen MR) is 108 cm³/mol. The van der Waals surface area contributed by atoms with Crippen molar-refractivity contribution in [1.82, 2.24) is 14.9 Å². The van der Waals surface area contributed by atoms with Crippen LogP contribution in [0.25, 0.3) is 10.2 Å². The predicted octanol–water partition coefficient (Wildman–Crippen LogP) is 4.27. The third-order valence-electron chi connectivity index (χ3n) is 5.94. The number of nitrogens with one attached hydrogen (secondary N) is 1. The van der Waals surface area contributed by atoms with E-state index in [9.17, 15) is 0 Å². The molecule has 3 heterocycles. The molecule has 2 aromatic rings. The van der Waals surface area contributed by atoms with Crippen LogP contribution in [0.3, 0.4) is 0 Å². The largest absolute Gasteiger partial charge is 0.381 e. The Balaban J connectivity index is 1.64. The first-order valence-electron chi connectivity index (χ1n) is 9.92. The number of thiophene rings is 1. The van der Waals surface area contributed by atoms with Gasteiger partial charge < -0.3 is 10.1 Å². The number of hydrogen-bond donors (Lipinski definition) is 1. The van der Waals surface area contributed by atoms with Crippen molar-refractivity contribution >= 4 is 27.4 Å². The van der Waals surface area contributed by atoms with Crippen molar-refractivity contribution in [3.63, 3.8) is 0 Å². The second kappa shape index (κ2) is 7.79. The molecule has 2 fully saturated rings. The Morgan fingerprint density at radius 2 is 1.96 bits per heavy atom. The van der Waals surface area contributed by atoms with Gasteiger partial charge in [-0.3, -0.25) is 4.90 Å². The molecule has 2 unspecified atom stereocenters. The van der Waals surface area contributed by atoms with Crippen molar-refractivity contribution < 1.29 is 4.74 Å². The quantitative estimate of drug-likeness (QED) is 0.847. The topological polar surface area (TPSA) is 50.3 Å². The maximum Gasteiger partial charge on any atom is 0.146 e. The number of rotatable bonds is 5. The summed E-state index contributed by atoms with van der Waals surface area (Å²) in [7, 11) is 1.83. The van der Waals surface area contributed by atoms with Crippen LogP contribution >= 0.6 is 11.3 Å². The molecule has 1 saturated heterocycles. The molecule has 6 heteroatoms. The molecule has 2 aromatic heterocycles. The third kappa shape index (κ3) is 3.73. The molecule has 4 rings (SSSR count). The average molecular weight is 375 g/mol. The van der Waals surface area contributed by atoms with Gasteiger partial charge >= 0.3 is 0 Å². The molecule has 1 saturated carbocycles. The standard InChI is InChI=1S/C20H30N4OS/c1-13-14(2)26-20-18(13)19(21-15-7-6-8-16(11-15)25-3)22-17(23-20)12-24-9-4-5-10-24/h15-16H,4-12H2,1-3H3,(H,21,22,23). The van der Waals surface area contributed by atoms with E-state index in [1.165, 1.54) is 61.0 Å². The Kier molecular flexibility index (Phi) is 5.43. The maximum atomic E-state index is 5.61. The van der Waals surface area contributed by atoms with E-state index in [0.29, 0.717) is 12.1 Å². The van der Waals surface area contributed by atoms with Crippen LogP contribution in [0.4, 0.5) is 5.82 Å². The first kappa shape index (κ1) is 18.1. The van der Waals surface area contributed by atoms with E-state index < -0.39 is 0 Å². The number of aromatic nitrogens is 2. The van der Waals surface area contributed by atoms with Crippen molar-refractivity contribution in [3.8, 4) is 0 Å². The summed E-state index contributed by atoms with van der Waals surface area (Å²) < 4.78 is 5.61. The lowest BCUT2D eigenvalue weighted by Gasteiger charge is -2.29. The zero-order chi connectivity index (χ0) is 18.1. The van der Waals surface area contributed by atoms with Gasteiger partial charge in [0.05, 0.1) is 18.0 Å². The molecule has 0 bridgehead atoms. The maximum absolute atomic E-state index is 5.61. The van der Waals surface area contributed by atoms with Crippen LogP contribution in [0, 0.1) is 13.8 Å². The van der Waals surface area contributed by atoms with Gasteiger partial charge in [0.2, 0.25) is 0 Å². The molecule has 1 aliphatic heterocycles. The molecular formula is C20H30N4OS. The van der Waals surface area contributed by atoms with Crippen molar-refractivity contribution in [3.05, 3.63) is 16.3 Å². The summed E-state index contributed by atoms with van der Waals surface area (Å²) in [5.74, 6) is 2.00. The van der Waals surface area contributed by atoms with Crippen LogP contribution in [0.2, 0.25) is 0 Å². The molecule has 2 aliphatic rings. The van der Waals surface area contributed by atoms with Crippen molar-refractivity contribution in [2.45, 2.75) is 71.1 Å². The highest BCUT2D eigenvalue weighted by atomic mass is 32.1. The van der Waals surface area contributed by atoms with E-state index in [1.54, 1.807) is 11.3 Å². The highest BCUT2D eigenvalue weighted by Crippen LogP contribution is 2.35. The summed E-state index contributed by atoms with van der Waals surface area (Å²) in [5.41, 5.74) is 1.32. The van der Waals surface area contributed by atoms with Crippen molar-refractivity contribution in [2.24, 2.45) is 0 Å². The summed E-state index contributed by atoms with van der Waals surface area (Å²) >= 11 is 1.80. The van der Waals surface area contributed by atoms with E-state index in [1.807, 2.05) is 7.11 Å². The first-order valence-corrected chi connectivity index (χ1v) is 10.7. The van der Waals surface area contributed by atoms with Crippen LogP contribution in [-0.4, -0.2) is 47.2 Å². The monoisotopic (exact) mass is 374 g/mol. The number of hydrogen-bond acceptors (Lipinski definition) is 6. The molecular weight excluding hydrogens is 344 g/mol. The minimum atomic E-state index is 0.368. The van der Waals surface area contributed by atoms with Crippen LogP contribution in [0.5, 0.6) is 0 Å². The lowest BCUT2D eigenvalue weighted by Crippen LogP contribution is -2.31. The Morgan fingerprint density at radius 3 is 2.73 bits per heavy atom. The van der Waals surface area contributed by atoms with Gasteiger partial charge in [0.1, 0.15) is 16.5 Å². The fourth-order valence-electron chi connectivity index (χ4n) is 4.29. The van der Waals surface area contributed by atoms with E-state index in [2.05, 4.69) is 24.1 Å². The van der Waals surface area contributed by atoms with Crippen molar-refractivity contribution in [2.75, 3.05) is 25.5 Å². The molecule has 0 spiro atoms. The van der Waals surface area contributed by atoms with E-state index in [-0.39, 0.29) is 0 Å². The number of likely N-dealkylation sites (tertiary alicyclic amines) is 1. The molecule has 2 atom stereocenters. The summed E-state index contributed by atoms with van der Waals surface area (Å²) in [4.78, 5) is 14.8. The van der Waals surface area contributed by atoms with Gasteiger partial charge in [-0.15, -0.1) is 11.3 Å². The molecule has 0 aromatic carbocycles. The van der Waals surface area contributed by atoms with Gasteiger partial charge in [0.15, 0.2) is 0 Å². The molecule has 1 N–H and O–H groups in total. The first-order chi connectivity index (χ1) is 12.6. The average Bonchev–Trinajstić information content (AvgIpc) is 3.23. The highest BCUT2D eigenvalue weighted by Gasteiger charge is 2.24. The van der Waals surface area contributed by atoms with Gasteiger partial charge in [-0.1, -0.05) is 0 Å². The Hall–Kier alpha value is -1.24. The minimum Gasteiger partial charge on any atom is -0.381 e. The highest BCUT2D eigenvalue weighted by molar-refractivity contribution is 7.18. The zero-order valence-corrected chi connectivity index (χ0v) is 17.0. The smallest absolute Gasteiger partial charge is 0.146 e. The SMILES string of the molecule is COC1CCCC(Nc2nc(CN3CCCC3)nc3sc(C)c(C)c23)C1. The normalized spacial score (nSPS) is 24.4. The lowest BCUT2D eigenvalue weighted by atomic mass is 9.93. The second-order valence-electron chi connectivity index (χ2n) is 7.80. The van der Waals surface area contributed by atoms with Gasteiger partial charge in [-0.2, -0.15) is 0 Å². The molecule has 142 valence electrons. The van der Waals surface area contributed by atoms with E-state index in [0.717, 1.165) is 29.4 Å². The van der Waals surface area contributed by atoms with E-state index in [4.69, 9.17) is 14.7 Å². The van der Waals surface area contributed by atoms with Gasteiger partial charge in [-0.05, 0) is 71.0 Å². The summed E-state index contributed by atoms with van der Waals surface area (Å²) in [6.45, 7) is 7.59. The Bertz CT molecular complexity index is 769. The van der Waals surface area contributed by atoms with E-state index >= 15 is 0 Å². The zero-order valence-electron chi connectivity index (χ0n) is 16.2. The number of anilines is 1. The molecule has 26 heavy (non-hydrogen) atoms. The van der Waals surface area contributed by atoms with Crippen molar-refractivity contribution in [1.29, 1.82) is 0 Å². The summed E-state index contributed by atoms with van der Waals surface area (Å²) in [5, 5.41) is 4.98. The number of nitrogens with zero attached hydrogens (tertiary/aromatic N) is 3. The number of fused-ring (bicyclic) bond motifs is 1. The number of aryl methyl sites for hydroxylation is 2. The molecule has 0 amide bonds. The number of methoxy groups -OCH3 is 1. The van der Waals surface area contributed by atoms with Gasteiger partial charge in [0.25, 0.3) is 0 Å². The lowest BCUT2D eigenvalue weighted by molar-refractivity contribution is 0.0669. The summed E-state index contributed by atoms with van der Waals surface area (Å²) in [6.07, 6.45) is 7.60.